The summed E-state index contributed by atoms with van der Waals surface area (Å²) < 4.78 is 0. The number of carbonyl (C=O) groups is 1. The Bertz CT molecular complexity index is 549. The van der Waals surface area contributed by atoms with Crippen LogP contribution < -0.4 is 10.2 Å². The van der Waals surface area contributed by atoms with Gasteiger partial charge in [0.1, 0.15) is 0 Å². The second kappa shape index (κ2) is 8.70. The Labute approximate surface area is 152 Å². The fourth-order valence-corrected chi connectivity index (χ4v) is 4.14. The van der Waals surface area contributed by atoms with Crippen molar-refractivity contribution in [3.8, 4) is 0 Å². The number of benzene rings is 1. The zero-order chi connectivity index (χ0) is 17.6. The van der Waals surface area contributed by atoms with Crippen molar-refractivity contribution in [2.45, 2.75) is 58.5 Å². The number of hydrogen-bond donors (Lipinski definition) is 1. The van der Waals surface area contributed by atoms with E-state index in [9.17, 15) is 4.79 Å². The van der Waals surface area contributed by atoms with Crippen molar-refractivity contribution in [2.24, 2.45) is 5.92 Å². The van der Waals surface area contributed by atoms with Crippen LogP contribution in [0.3, 0.4) is 0 Å². The van der Waals surface area contributed by atoms with Crippen LogP contribution in [0.1, 0.15) is 51.5 Å². The zero-order valence-electron chi connectivity index (χ0n) is 15.8. The summed E-state index contributed by atoms with van der Waals surface area (Å²) in [7, 11) is 0. The van der Waals surface area contributed by atoms with Gasteiger partial charge < -0.3 is 15.1 Å². The molecule has 0 aliphatic carbocycles. The number of amides is 1. The molecule has 2 aliphatic rings. The van der Waals surface area contributed by atoms with Crippen molar-refractivity contribution in [2.75, 3.05) is 31.1 Å². The van der Waals surface area contributed by atoms with E-state index in [1.54, 1.807) is 6.92 Å². The molecule has 0 aromatic heterocycles. The maximum Gasteiger partial charge on any atom is 0.219 e. The van der Waals surface area contributed by atoms with Crippen LogP contribution in [0.25, 0.3) is 0 Å². The normalized spacial score (nSPS) is 24.9. The highest BCUT2D eigenvalue weighted by atomic mass is 16.2. The number of rotatable bonds is 4. The second-order valence-electron chi connectivity index (χ2n) is 7.79. The monoisotopic (exact) mass is 343 g/mol. The summed E-state index contributed by atoms with van der Waals surface area (Å²) in [5.41, 5.74) is 2.72. The third-order valence-corrected chi connectivity index (χ3v) is 5.83. The molecule has 4 heteroatoms. The van der Waals surface area contributed by atoms with E-state index in [0.29, 0.717) is 12.0 Å². The fourth-order valence-electron chi connectivity index (χ4n) is 4.14. The fraction of sp³-hybridized carbons (Fsp3) is 0.667. The maximum absolute atomic E-state index is 11.5. The highest BCUT2D eigenvalue weighted by molar-refractivity contribution is 5.73. The molecule has 2 aliphatic heterocycles. The van der Waals surface area contributed by atoms with E-state index in [-0.39, 0.29) is 5.91 Å². The minimum absolute atomic E-state index is 0.203. The van der Waals surface area contributed by atoms with Crippen LogP contribution in [0.15, 0.2) is 24.3 Å². The second-order valence-corrected chi connectivity index (χ2v) is 7.79. The molecule has 2 fully saturated rings. The molecule has 0 spiro atoms. The average Bonchev–Trinajstić information content (AvgIpc) is 2.90. The van der Waals surface area contributed by atoms with Gasteiger partial charge in [-0.2, -0.15) is 0 Å². The molecule has 4 nitrogen and oxygen atoms in total. The summed E-state index contributed by atoms with van der Waals surface area (Å²) in [6, 6.07) is 9.60. The van der Waals surface area contributed by atoms with Crippen LogP contribution in [-0.2, 0) is 11.3 Å². The maximum atomic E-state index is 11.5. The third kappa shape index (κ3) is 4.97. The van der Waals surface area contributed by atoms with Gasteiger partial charge in [0.2, 0.25) is 5.91 Å². The number of carbonyl (C=O) groups excluding carboxylic acids is 1. The van der Waals surface area contributed by atoms with E-state index in [4.69, 9.17) is 0 Å². The van der Waals surface area contributed by atoms with Gasteiger partial charge in [0.15, 0.2) is 0 Å². The predicted octanol–water partition coefficient (Wildman–Crippen LogP) is 3.41. The molecule has 1 aromatic rings. The molecular formula is C21H33N3O. The molecule has 2 heterocycles. The topological polar surface area (TPSA) is 35.6 Å². The van der Waals surface area contributed by atoms with Gasteiger partial charge in [-0.15, -0.1) is 0 Å². The summed E-state index contributed by atoms with van der Waals surface area (Å²) in [6.07, 6.45) is 6.44. The number of hydrogen-bond acceptors (Lipinski definition) is 3. The van der Waals surface area contributed by atoms with Gasteiger partial charge in [0.05, 0.1) is 0 Å². The minimum Gasteiger partial charge on any atom is -0.372 e. The molecule has 25 heavy (non-hydrogen) atoms. The number of likely N-dealkylation sites (tertiary alicyclic amines) is 1. The lowest BCUT2D eigenvalue weighted by Gasteiger charge is -2.37. The van der Waals surface area contributed by atoms with E-state index in [0.717, 1.165) is 26.1 Å². The standard InChI is InChI=1S/C21H33N3O/c1-17-16-24(18(2)25)14-11-21(17)22-15-19-7-9-20(10-8-19)23-12-5-3-4-6-13-23/h7-10,17,21-22H,3-6,11-16H2,1-2H3/t17-,21+/m0/s1. The SMILES string of the molecule is CC(=O)N1CC[C@@H](NCc2ccc(N3CCCCCC3)cc2)[C@@H](C)C1. The highest BCUT2D eigenvalue weighted by Gasteiger charge is 2.26. The first-order valence-electron chi connectivity index (χ1n) is 9.96. The molecule has 2 saturated heterocycles. The third-order valence-electron chi connectivity index (χ3n) is 5.83. The predicted molar refractivity (Wildman–Crippen MR) is 104 cm³/mol. The molecule has 2 atom stereocenters. The average molecular weight is 344 g/mol. The van der Waals surface area contributed by atoms with Gasteiger partial charge in [-0.1, -0.05) is 31.9 Å². The molecular weight excluding hydrogens is 310 g/mol. The van der Waals surface area contributed by atoms with Crippen LogP contribution in [0.4, 0.5) is 5.69 Å². The zero-order valence-corrected chi connectivity index (χ0v) is 15.8. The number of nitrogens with one attached hydrogen (secondary N) is 1. The summed E-state index contributed by atoms with van der Waals surface area (Å²) >= 11 is 0. The highest BCUT2D eigenvalue weighted by Crippen LogP contribution is 2.21. The van der Waals surface area contributed by atoms with Gasteiger partial charge >= 0.3 is 0 Å². The molecule has 0 radical (unpaired) electrons. The van der Waals surface area contributed by atoms with Gasteiger partial charge in [0, 0.05) is 51.4 Å². The first kappa shape index (κ1) is 18.2. The van der Waals surface area contributed by atoms with Crippen molar-refractivity contribution in [3.63, 3.8) is 0 Å². The quantitative estimate of drug-likeness (QED) is 0.910. The lowest BCUT2D eigenvalue weighted by molar-refractivity contribution is -0.130. The summed E-state index contributed by atoms with van der Waals surface area (Å²) in [5, 5.41) is 3.70. The van der Waals surface area contributed by atoms with Crippen molar-refractivity contribution < 1.29 is 4.79 Å². The van der Waals surface area contributed by atoms with Gasteiger partial charge in [-0.05, 0) is 42.9 Å². The minimum atomic E-state index is 0.203. The van der Waals surface area contributed by atoms with E-state index >= 15 is 0 Å². The van der Waals surface area contributed by atoms with Crippen LogP contribution in [0.5, 0.6) is 0 Å². The summed E-state index contributed by atoms with van der Waals surface area (Å²) in [6.45, 7) is 8.98. The van der Waals surface area contributed by atoms with Crippen molar-refractivity contribution >= 4 is 11.6 Å². The number of piperidine rings is 1. The Kier molecular flexibility index (Phi) is 6.35. The molecule has 0 unspecified atom stereocenters. The van der Waals surface area contributed by atoms with Crippen molar-refractivity contribution in [1.29, 1.82) is 0 Å². The Morgan fingerprint density at radius 3 is 2.36 bits per heavy atom. The molecule has 0 bridgehead atoms. The van der Waals surface area contributed by atoms with Crippen LogP contribution >= 0.6 is 0 Å². The molecule has 3 rings (SSSR count). The molecule has 138 valence electrons. The Balaban J connectivity index is 1.49. The number of nitrogens with zero attached hydrogens (tertiary/aromatic N) is 2. The molecule has 1 aromatic carbocycles. The van der Waals surface area contributed by atoms with Crippen molar-refractivity contribution in [3.05, 3.63) is 29.8 Å². The summed E-state index contributed by atoms with van der Waals surface area (Å²) in [4.78, 5) is 16.0. The first-order chi connectivity index (χ1) is 12.1. The van der Waals surface area contributed by atoms with Gasteiger partial charge in [-0.25, -0.2) is 0 Å². The van der Waals surface area contributed by atoms with Crippen molar-refractivity contribution in [1.82, 2.24) is 10.2 Å². The largest absolute Gasteiger partial charge is 0.372 e. The molecule has 1 N–H and O–H groups in total. The van der Waals surface area contributed by atoms with E-state index < -0.39 is 0 Å². The van der Waals surface area contributed by atoms with E-state index in [1.807, 2.05) is 4.90 Å². The molecule has 0 saturated carbocycles. The Morgan fingerprint density at radius 1 is 1.08 bits per heavy atom. The van der Waals surface area contributed by atoms with E-state index in [2.05, 4.69) is 41.4 Å². The molecule has 1 amide bonds. The first-order valence-corrected chi connectivity index (χ1v) is 9.96. The smallest absolute Gasteiger partial charge is 0.219 e. The lowest BCUT2D eigenvalue weighted by Crippen LogP contribution is -2.49. The van der Waals surface area contributed by atoms with Crippen LogP contribution in [0, 0.1) is 5.92 Å². The van der Waals surface area contributed by atoms with Gasteiger partial charge in [0.25, 0.3) is 0 Å². The Hall–Kier alpha value is -1.55. The van der Waals surface area contributed by atoms with Crippen LogP contribution in [-0.4, -0.2) is 43.0 Å². The van der Waals surface area contributed by atoms with Crippen LogP contribution in [0.2, 0.25) is 0 Å². The summed E-state index contributed by atoms with van der Waals surface area (Å²) in [5.74, 6) is 0.712. The lowest BCUT2D eigenvalue weighted by atomic mass is 9.93. The van der Waals surface area contributed by atoms with E-state index in [1.165, 1.54) is 50.0 Å². The number of anilines is 1. The van der Waals surface area contributed by atoms with Gasteiger partial charge in [-0.3, -0.25) is 4.79 Å². The Morgan fingerprint density at radius 2 is 1.76 bits per heavy atom.